The van der Waals surface area contributed by atoms with E-state index < -0.39 is 41.5 Å². The zero-order valence-electron chi connectivity index (χ0n) is 87.5. The van der Waals surface area contributed by atoms with Gasteiger partial charge in [-0.3, -0.25) is 29.6 Å². The van der Waals surface area contributed by atoms with Gasteiger partial charge in [0.15, 0.2) is 37.0 Å². The van der Waals surface area contributed by atoms with Gasteiger partial charge in [-0.25, -0.2) is 35.4 Å². The van der Waals surface area contributed by atoms with Gasteiger partial charge in [0.05, 0.1) is 48.1 Å². The molecule has 150 heavy (non-hydrogen) atoms. The number of ether oxygens (including phenoxy) is 4. The summed E-state index contributed by atoms with van der Waals surface area (Å²) in [5, 5.41) is 60.9. The topological polar surface area (TPSA) is 604 Å². The number of methoxy groups -OCH3 is 4. The highest BCUT2D eigenvalue weighted by Crippen LogP contribution is 2.28. The number of nitrogens with zero attached hydrogens (tertiary/aromatic N) is 3. The number of carbonyl (C=O) groups is 4. The Hall–Kier alpha value is -15.7. The summed E-state index contributed by atoms with van der Waals surface area (Å²) in [6.45, 7) is 26.5. The first-order valence-electron chi connectivity index (χ1n) is 45.0. The van der Waals surface area contributed by atoms with Crippen molar-refractivity contribution in [1.29, 1.82) is 5.41 Å². The largest absolute Gasteiger partial charge is 0.508 e. The molecule has 0 aliphatic heterocycles. The third-order valence-corrected chi connectivity index (χ3v) is 24.2. The molecule has 0 saturated heterocycles. The number of carbonyl (C=O) groups excluding carboxylic acids is 4. The average Bonchev–Trinajstić information content (AvgIpc) is 0.839. The molecule has 0 spiro atoms. The fraction of sp³-hybridized carbons (Fsp3) is 0.196. The number of hydrogen-bond acceptors (Lipinski definition) is 24. The van der Waals surface area contributed by atoms with Crippen LogP contribution in [0.4, 0.5) is 0 Å². The Bertz CT molecular complexity index is 7030. The van der Waals surface area contributed by atoms with E-state index >= 15 is 0 Å². The number of primary sulfonamides is 1. The Morgan fingerprint density at radius 3 is 1.13 bits per heavy atom. The number of amidine groups is 3. The summed E-state index contributed by atoms with van der Waals surface area (Å²) in [4.78, 5) is 51.1. The second kappa shape index (κ2) is 68.0. The van der Waals surface area contributed by atoms with Crippen LogP contribution in [-0.2, 0) is 36.2 Å². The number of nitrogens with two attached hydrogens (primary N) is 9. The minimum Gasteiger partial charge on any atom is -0.508 e. The smallest absolute Gasteiger partial charge is 0.249 e. The minimum absolute atomic E-state index is 0.118. The Balaban J connectivity index is 0.000000809. The van der Waals surface area contributed by atoms with E-state index in [0.717, 1.165) is 72.5 Å². The predicted molar refractivity (Wildman–Crippen MR) is 601 cm³/mol. The SMILES string of the molecule is COc1ccc(C)c(C(N)=O)c1.COc1ccc(C)c(O)c1.COc1ccc(C)c(S(C)(=O)=O)c1.COc1ccc(C)cc1O.Cc1cc(C(N)=O)ccc1O.Cc1cc(Cl)ccc1S(C)(=O)=O.Cc1cc(Cl)ccc1S(N)(=O)=O.Cc1ccc(Cl)cn1.Cc1cccc(C(=N)N)c1.Cc1cccc(C(N)=NCO)c1.Cc1cccc(C(N)=NO)c1.Cc1cccc(C(N)=O)c1.Cc1cccc(CN)c1.Cc1ccccc1C(N)=O. The highest BCUT2D eigenvalue weighted by molar-refractivity contribution is 7.91. The molecule has 0 atom stereocenters. The van der Waals surface area contributed by atoms with E-state index in [0.29, 0.717) is 99.2 Å². The van der Waals surface area contributed by atoms with E-state index in [1.165, 1.54) is 74.3 Å². The lowest BCUT2D eigenvalue weighted by Crippen LogP contribution is -2.13. The molecular formula is C112H136Cl3N13O19S3. The molecule has 0 bridgehead atoms. The minimum atomic E-state index is -3.61. The van der Waals surface area contributed by atoms with Crippen LogP contribution in [0.5, 0.6) is 40.2 Å². The predicted octanol–water partition coefficient (Wildman–Crippen LogP) is 18.8. The van der Waals surface area contributed by atoms with Gasteiger partial charge in [0.2, 0.25) is 33.7 Å². The second-order valence-corrected chi connectivity index (χ2v) is 39.5. The number of aliphatic imine (C=N–C) groups is 1. The standard InChI is InChI=1S/C9H12N2O.C9H11NO2.C9H12O3S.C8H9ClO2S.C8H10N2O.C8H10N2.C8H9NO2.2C8H9NO.C8H11N.2C8H10O2.C7H8ClNO2S.C6H6ClN/c1-7-3-2-4-8(5-7)9(10)11-6-12;1-6-3-4-7(12-2)5-8(6)9(10)11;1-7-4-5-8(12-2)6-9(7)13(3,10)11;1-6-5-7(9)3-4-8(6)12(2,10)11;1-6-3-2-4-7(5-6)8(9)10-11;1-6-3-2-4-7(5-6)8(9)10;1-5-4-6(8(9)11)2-3-7(5)10;1-6-3-2-4-7(5-6)8(9)10;1-6-4-2-3-5-7(6)8(9)10;1-7-3-2-4-8(5-7)6-9;1-6-3-4-7(10-2)5-8(6)9;1-6-3-4-8(10-2)7(9)5-6;1-5-4-6(8)2-3-7(5)12(9,10)11;1-5-2-3-6(7)4-8-5/h2-5,12H,6H2,1H3,(H2,10,11);3-5H,1-2H3,(H2,10,11);4-6H,1-3H3;3-5H,1-2H3;2-5,11H,1H3,(H2,9,10);2-5H,1H3,(H3,9,10);2-4,10H,1H3,(H2,9,11);2*2-5H,1H3,(H2,9,10);2-5H,6,9H2,1H3;2*3-5,9H,1-2H3;2-4H,1H3,(H2,9,10,11);2-4H,1H3. The summed E-state index contributed by atoms with van der Waals surface area (Å²) in [6, 6.07) is 83.6. The number of sulfone groups is 2. The number of aromatic hydroxyl groups is 3. The Morgan fingerprint density at radius 1 is 0.353 bits per heavy atom. The van der Waals surface area contributed by atoms with Gasteiger partial charge < -0.3 is 90.5 Å². The maximum Gasteiger partial charge on any atom is 0.249 e. The molecule has 1 heterocycles. The van der Waals surface area contributed by atoms with Crippen molar-refractivity contribution in [2.24, 2.45) is 61.2 Å². The number of phenolic OH excluding ortho intramolecular Hbond substituents is 3. The molecule has 0 aliphatic carbocycles. The number of pyridine rings is 1. The Labute approximate surface area is 895 Å². The summed E-state index contributed by atoms with van der Waals surface area (Å²) in [5.41, 5.74) is 60.6. The quantitative estimate of drug-likeness (QED) is 0.0185. The van der Waals surface area contributed by atoms with Crippen LogP contribution < -0.4 is 70.0 Å². The van der Waals surface area contributed by atoms with E-state index in [-0.39, 0.29) is 52.4 Å². The van der Waals surface area contributed by atoms with Crippen LogP contribution in [-0.4, -0.2) is 145 Å². The lowest BCUT2D eigenvalue weighted by atomic mass is 10.1. The van der Waals surface area contributed by atoms with Gasteiger partial charge in [-0.15, -0.1) is 0 Å². The van der Waals surface area contributed by atoms with Crippen molar-refractivity contribution in [3.8, 4) is 40.2 Å². The van der Waals surface area contributed by atoms with Gasteiger partial charge in [0.1, 0.15) is 47.1 Å². The fourth-order valence-electron chi connectivity index (χ4n) is 12.0. The van der Waals surface area contributed by atoms with E-state index in [1.807, 2.05) is 196 Å². The molecule has 14 rings (SSSR count). The third kappa shape index (κ3) is 53.1. The number of sulfonamides is 1. The molecule has 1 aromatic heterocycles. The van der Waals surface area contributed by atoms with Crippen molar-refractivity contribution in [1.82, 2.24) is 4.98 Å². The summed E-state index contributed by atoms with van der Waals surface area (Å²) in [6.07, 6.45) is 4.01. The van der Waals surface area contributed by atoms with Crippen LogP contribution in [0.1, 0.15) is 142 Å². The second-order valence-electron chi connectivity index (χ2n) is 32.7. The molecule has 0 fully saturated rings. The van der Waals surface area contributed by atoms with Crippen molar-refractivity contribution < 1.29 is 89.0 Å². The molecule has 802 valence electrons. The number of hydrogen-bond donors (Lipinski definition) is 15. The zero-order chi connectivity index (χ0) is 114. The van der Waals surface area contributed by atoms with E-state index in [2.05, 4.69) is 34.2 Å². The average molecular weight is 2170 g/mol. The summed E-state index contributed by atoms with van der Waals surface area (Å²) >= 11 is 16.9. The summed E-state index contributed by atoms with van der Waals surface area (Å²) < 4.78 is 86.2. The van der Waals surface area contributed by atoms with Crippen LogP contribution in [0.3, 0.4) is 0 Å². The Kier molecular flexibility index (Phi) is 59.9. The van der Waals surface area contributed by atoms with Gasteiger partial charge in [-0.1, -0.05) is 201 Å². The first-order chi connectivity index (χ1) is 70.2. The number of aryl methyl sites for hydroxylation is 14. The lowest BCUT2D eigenvalue weighted by Gasteiger charge is -2.05. The first-order valence-corrected chi connectivity index (χ1v) is 51.5. The normalized spacial score (nSPS) is 10.3. The van der Waals surface area contributed by atoms with E-state index in [9.17, 15) is 44.4 Å². The molecule has 0 saturated carbocycles. The number of phenols is 3. The number of aliphatic hydroxyl groups is 1. The van der Waals surface area contributed by atoms with Crippen molar-refractivity contribution in [2.45, 2.75) is 118 Å². The van der Waals surface area contributed by atoms with Gasteiger partial charge in [-0.05, 0) is 293 Å². The monoisotopic (exact) mass is 2170 g/mol. The first kappa shape index (κ1) is 132. The summed E-state index contributed by atoms with van der Waals surface area (Å²) in [5.74, 6) is 2.07. The van der Waals surface area contributed by atoms with Crippen LogP contribution >= 0.6 is 34.8 Å². The maximum atomic E-state index is 11.3. The van der Waals surface area contributed by atoms with Crippen molar-refractivity contribution in [3.63, 3.8) is 0 Å². The number of aromatic nitrogens is 1. The number of amides is 4. The number of halogens is 3. The number of benzene rings is 13. The van der Waals surface area contributed by atoms with Gasteiger partial charge in [0, 0.05) is 86.0 Å². The van der Waals surface area contributed by atoms with Crippen LogP contribution in [0.2, 0.25) is 15.1 Å². The number of nitrogen functional groups attached to an aromatic ring is 1. The molecule has 24 N–H and O–H groups in total. The number of nitrogens with one attached hydrogen (secondary N) is 1. The zero-order valence-corrected chi connectivity index (χ0v) is 92.2. The van der Waals surface area contributed by atoms with Gasteiger partial charge in [0.25, 0.3) is 0 Å². The van der Waals surface area contributed by atoms with Crippen molar-refractivity contribution in [3.05, 3.63) is 429 Å². The number of oxime groups is 1. The highest BCUT2D eigenvalue weighted by Gasteiger charge is 2.15. The highest BCUT2D eigenvalue weighted by atomic mass is 35.5. The molecular weight excluding hydrogens is 2030 g/mol. The van der Waals surface area contributed by atoms with E-state index in [1.54, 1.807) is 151 Å². The molecule has 0 aliphatic rings. The number of aliphatic hydroxyl groups excluding tert-OH is 1. The molecule has 0 unspecified atom stereocenters. The number of rotatable bonds is 16. The lowest BCUT2D eigenvalue weighted by molar-refractivity contribution is 0.0991. The molecule has 13 aromatic carbocycles. The molecule has 38 heteroatoms. The van der Waals surface area contributed by atoms with Gasteiger partial charge >= 0.3 is 0 Å². The third-order valence-electron chi connectivity index (χ3n) is 19.9. The van der Waals surface area contributed by atoms with E-state index in [4.69, 9.17) is 136 Å². The van der Waals surface area contributed by atoms with Crippen LogP contribution in [0, 0.1) is 102 Å². The molecule has 14 aromatic rings. The molecule has 32 nitrogen and oxygen atoms in total. The number of primary amides is 4. The summed E-state index contributed by atoms with van der Waals surface area (Å²) in [7, 11) is -3.70. The van der Waals surface area contributed by atoms with Crippen molar-refractivity contribution >= 4 is 106 Å². The molecule has 4 amide bonds. The van der Waals surface area contributed by atoms with Gasteiger partial charge in [-0.2, -0.15) is 0 Å². The van der Waals surface area contributed by atoms with Crippen molar-refractivity contribution in [2.75, 3.05) is 47.7 Å². The molecule has 0 radical (unpaired) electrons. The van der Waals surface area contributed by atoms with Crippen LogP contribution in [0.25, 0.3) is 0 Å². The Morgan fingerprint density at radius 2 is 0.767 bits per heavy atom. The fourth-order valence-corrected chi connectivity index (χ4v) is 15.2. The van der Waals surface area contributed by atoms with Crippen LogP contribution in [0.15, 0.2) is 316 Å². The maximum absolute atomic E-state index is 11.3.